The molecule has 16 heavy (non-hydrogen) atoms. The van der Waals surface area contributed by atoms with E-state index in [0.717, 1.165) is 12.0 Å². The highest BCUT2D eigenvalue weighted by atomic mass is 19.1. The third-order valence-corrected chi connectivity index (χ3v) is 2.27. The van der Waals surface area contributed by atoms with Crippen molar-refractivity contribution in [1.29, 1.82) is 0 Å². The van der Waals surface area contributed by atoms with E-state index in [0.29, 0.717) is 25.5 Å². The topological polar surface area (TPSA) is 44.5 Å². The predicted molar refractivity (Wildman–Crippen MR) is 60.1 cm³/mol. The van der Waals surface area contributed by atoms with Gasteiger partial charge in [0.2, 0.25) is 0 Å². The number of rotatable bonds is 2. The van der Waals surface area contributed by atoms with Crippen LogP contribution < -0.4 is 15.2 Å². The van der Waals surface area contributed by atoms with Crippen molar-refractivity contribution in [2.45, 2.75) is 6.42 Å². The van der Waals surface area contributed by atoms with Crippen molar-refractivity contribution in [2.75, 3.05) is 19.8 Å². The van der Waals surface area contributed by atoms with Crippen LogP contribution in [0, 0.1) is 5.82 Å². The van der Waals surface area contributed by atoms with Gasteiger partial charge in [-0.15, -0.1) is 0 Å². The van der Waals surface area contributed by atoms with Gasteiger partial charge in [-0.1, -0.05) is 12.2 Å². The van der Waals surface area contributed by atoms with Crippen LogP contribution in [0.3, 0.4) is 0 Å². The Hall–Kier alpha value is -1.55. The number of hydrogen-bond acceptors (Lipinski definition) is 3. The molecule has 0 spiro atoms. The van der Waals surface area contributed by atoms with Gasteiger partial charge in [0.25, 0.3) is 0 Å². The zero-order chi connectivity index (χ0) is 11.4. The summed E-state index contributed by atoms with van der Waals surface area (Å²) in [7, 11) is 0. The molecule has 4 heteroatoms. The Morgan fingerprint density at radius 2 is 2.12 bits per heavy atom. The summed E-state index contributed by atoms with van der Waals surface area (Å²) in [6.45, 7) is 1.47. The molecular formula is C12H14FNO2. The van der Waals surface area contributed by atoms with E-state index < -0.39 is 5.82 Å². The van der Waals surface area contributed by atoms with E-state index in [2.05, 4.69) is 0 Å². The van der Waals surface area contributed by atoms with Gasteiger partial charge in [0, 0.05) is 13.0 Å². The molecule has 1 aromatic rings. The number of hydrogen-bond donors (Lipinski definition) is 1. The second-order valence-electron chi connectivity index (χ2n) is 3.52. The van der Waals surface area contributed by atoms with E-state index in [9.17, 15) is 4.39 Å². The molecule has 0 unspecified atom stereocenters. The first kappa shape index (κ1) is 11.0. The molecule has 0 aliphatic carbocycles. The smallest absolute Gasteiger partial charge is 0.197 e. The van der Waals surface area contributed by atoms with Crippen LogP contribution in [-0.4, -0.2) is 19.8 Å². The molecule has 0 bridgehead atoms. The van der Waals surface area contributed by atoms with E-state index in [1.807, 2.05) is 0 Å². The molecule has 0 aromatic heterocycles. The first-order valence-corrected chi connectivity index (χ1v) is 5.27. The number of halogens is 1. The lowest BCUT2D eigenvalue weighted by molar-refractivity contribution is 0.292. The van der Waals surface area contributed by atoms with E-state index in [1.54, 1.807) is 18.2 Å². The second kappa shape index (κ2) is 4.99. The number of ether oxygens (including phenoxy) is 2. The molecule has 0 fully saturated rings. The maximum Gasteiger partial charge on any atom is 0.197 e. The fourth-order valence-corrected chi connectivity index (χ4v) is 1.55. The average Bonchev–Trinajstić information content (AvgIpc) is 2.51. The summed E-state index contributed by atoms with van der Waals surface area (Å²) in [5.41, 5.74) is 6.07. The Morgan fingerprint density at radius 3 is 2.94 bits per heavy atom. The first-order valence-electron chi connectivity index (χ1n) is 5.27. The summed E-state index contributed by atoms with van der Waals surface area (Å²) in [4.78, 5) is 0. The van der Waals surface area contributed by atoms with Crippen LogP contribution in [0.15, 0.2) is 18.2 Å². The summed E-state index contributed by atoms with van der Waals surface area (Å²) in [5, 5.41) is 0. The Bertz CT molecular complexity index is 404. The third-order valence-electron chi connectivity index (χ3n) is 2.27. The Kier molecular flexibility index (Phi) is 3.41. The zero-order valence-electron chi connectivity index (χ0n) is 8.91. The van der Waals surface area contributed by atoms with Crippen LogP contribution in [0.2, 0.25) is 0 Å². The molecule has 3 nitrogen and oxygen atoms in total. The zero-order valence-corrected chi connectivity index (χ0v) is 8.91. The molecule has 0 radical (unpaired) electrons. The molecule has 1 aromatic carbocycles. The molecule has 0 amide bonds. The SMILES string of the molecule is NC/C=C/c1cc(F)c2c(c1)OCCCO2. The molecule has 1 aliphatic heterocycles. The highest BCUT2D eigenvalue weighted by Gasteiger charge is 2.15. The minimum Gasteiger partial charge on any atom is -0.489 e. The normalized spacial score (nSPS) is 15.1. The van der Waals surface area contributed by atoms with E-state index in [4.69, 9.17) is 15.2 Å². The van der Waals surface area contributed by atoms with Gasteiger partial charge in [-0.3, -0.25) is 0 Å². The molecular weight excluding hydrogens is 209 g/mol. The van der Waals surface area contributed by atoms with E-state index in [-0.39, 0.29) is 5.75 Å². The van der Waals surface area contributed by atoms with E-state index in [1.165, 1.54) is 6.07 Å². The van der Waals surface area contributed by atoms with Crippen LogP contribution in [-0.2, 0) is 0 Å². The van der Waals surface area contributed by atoms with Crippen molar-refractivity contribution in [3.05, 3.63) is 29.6 Å². The monoisotopic (exact) mass is 223 g/mol. The number of benzene rings is 1. The van der Waals surface area contributed by atoms with Gasteiger partial charge in [-0.25, -0.2) is 4.39 Å². The van der Waals surface area contributed by atoms with Gasteiger partial charge >= 0.3 is 0 Å². The fraction of sp³-hybridized carbons (Fsp3) is 0.333. The van der Waals surface area contributed by atoms with Gasteiger partial charge < -0.3 is 15.2 Å². The molecule has 0 saturated carbocycles. The molecule has 2 N–H and O–H groups in total. The molecule has 1 aliphatic rings. The highest BCUT2D eigenvalue weighted by molar-refractivity contribution is 5.56. The number of nitrogens with two attached hydrogens (primary N) is 1. The summed E-state index contributed by atoms with van der Waals surface area (Å²) in [5.74, 6) is 0.285. The van der Waals surface area contributed by atoms with Crippen molar-refractivity contribution >= 4 is 6.08 Å². The first-order chi connectivity index (χ1) is 7.81. The summed E-state index contributed by atoms with van der Waals surface area (Å²) >= 11 is 0. The minimum absolute atomic E-state index is 0.211. The molecule has 0 atom stereocenters. The molecule has 2 rings (SSSR count). The Labute approximate surface area is 93.7 Å². The third kappa shape index (κ3) is 2.33. The lowest BCUT2D eigenvalue weighted by Crippen LogP contribution is -1.98. The van der Waals surface area contributed by atoms with Crippen molar-refractivity contribution in [2.24, 2.45) is 5.73 Å². The number of fused-ring (bicyclic) bond motifs is 1. The van der Waals surface area contributed by atoms with Crippen molar-refractivity contribution in [3.63, 3.8) is 0 Å². The largest absolute Gasteiger partial charge is 0.489 e. The van der Waals surface area contributed by atoms with Crippen LogP contribution in [0.5, 0.6) is 11.5 Å². The molecule has 86 valence electrons. The maximum absolute atomic E-state index is 13.7. The minimum atomic E-state index is -0.393. The van der Waals surface area contributed by atoms with Crippen molar-refractivity contribution in [3.8, 4) is 11.5 Å². The summed E-state index contributed by atoms with van der Waals surface area (Å²) < 4.78 is 24.4. The second-order valence-corrected chi connectivity index (χ2v) is 3.52. The van der Waals surface area contributed by atoms with Gasteiger partial charge in [-0.05, 0) is 17.7 Å². The molecule has 0 saturated heterocycles. The van der Waals surface area contributed by atoms with Gasteiger partial charge in [-0.2, -0.15) is 0 Å². The van der Waals surface area contributed by atoms with Crippen LogP contribution in [0.25, 0.3) is 6.08 Å². The van der Waals surface area contributed by atoms with Crippen molar-refractivity contribution < 1.29 is 13.9 Å². The van der Waals surface area contributed by atoms with Crippen LogP contribution in [0.4, 0.5) is 4.39 Å². The standard InChI is InChI=1S/C12H14FNO2/c13-10-7-9(3-1-4-14)8-11-12(10)16-6-2-5-15-11/h1,3,7-8H,2,4-6,14H2/b3-1+. The quantitative estimate of drug-likeness (QED) is 0.833. The Balaban J connectivity index is 2.35. The predicted octanol–water partition coefficient (Wildman–Crippen LogP) is 1.96. The van der Waals surface area contributed by atoms with Gasteiger partial charge in [0.1, 0.15) is 0 Å². The fourth-order valence-electron chi connectivity index (χ4n) is 1.55. The van der Waals surface area contributed by atoms with E-state index >= 15 is 0 Å². The highest BCUT2D eigenvalue weighted by Crippen LogP contribution is 2.33. The lowest BCUT2D eigenvalue weighted by Gasteiger charge is -2.08. The van der Waals surface area contributed by atoms with Crippen LogP contribution >= 0.6 is 0 Å². The van der Waals surface area contributed by atoms with Crippen LogP contribution in [0.1, 0.15) is 12.0 Å². The van der Waals surface area contributed by atoms with Crippen molar-refractivity contribution in [1.82, 2.24) is 0 Å². The summed E-state index contributed by atoms with van der Waals surface area (Å²) in [6, 6.07) is 3.18. The van der Waals surface area contributed by atoms with Gasteiger partial charge in [0.05, 0.1) is 13.2 Å². The Morgan fingerprint density at radius 1 is 1.31 bits per heavy atom. The maximum atomic E-state index is 13.7. The lowest BCUT2D eigenvalue weighted by atomic mass is 10.1. The van der Waals surface area contributed by atoms with Gasteiger partial charge in [0.15, 0.2) is 17.3 Å². The molecule has 1 heterocycles. The average molecular weight is 223 g/mol. The summed E-state index contributed by atoms with van der Waals surface area (Å²) in [6.07, 6.45) is 4.29.